The summed E-state index contributed by atoms with van der Waals surface area (Å²) >= 11 is 0. The van der Waals surface area contributed by atoms with Crippen molar-refractivity contribution in [1.29, 1.82) is 0 Å². The van der Waals surface area contributed by atoms with Crippen LogP contribution in [0.2, 0.25) is 0 Å². The standard InChI is InChI=1S/C16H27FN2O/c1-5-12(3)19(6-2)11-10-14(18)16-13(17)8-7-9-15(16)20-4/h7-9,12,14H,5-6,10-11,18H2,1-4H3. The summed E-state index contributed by atoms with van der Waals surface area (Å²) in [5.41, 5.74) is 6.65. The molecule has 0 aliphatic rings. The zero-order valence-electron chi connectivity index (χ0n) is 13.0. The first-order valence-electron chi connectivity index (χ1n) is 7.37. The third-order valence-corrected chi connectivity index (χ3v) is 3.95. The van der Waals surface area contributed by atoms with Crippen LogP contribution in [0.3, 0.4) is 0 Å². The fourth-order valence-corrected chi connectivity index (χ4v) is 2.45. The van der Waals surface area contributed by atoms with Gasteiger partial charge in [-0.15, -0.1) is 0 Å². The highest BCUT2D eigenvalue weighted by atomic mass is 19.1. The van der Waals surface area contributed by atoms with Crippen LogP contribution in [0.5, 0.6) is 5.75 Å². The fourth-order valence-electron chi connectivity index (χ4n) is 2.45. The van der Waals surface area contributed by atoms with Crippen molar-refractivity contribution in [2.24, 2.45) is 5.73 Å². The maximum Gasteiger partial charge on any atom is 0.131 e. The van der Waals surface area contributed by atoms with Crippen molar-refractivity contribution in [3.8, 4) is 5.75 Å². The first kappa shape index (κ1) is 16.9. The molecule has 4 heteroatoms. The van der Waals surface area contributed by atoms with Gasteiger partial charge in [-0.25, -0.2) is 4.39 Å². The maximum absolute atomic E-state index is 13.9. The number of ether oxygens (including phenoxy) is 1. The van der Waals surface area contributed by atoms with Gasteiger partial charge in [-0.1, -0.05) is 19.9 Å². The second kappa shape index (κ2) is 8.22. The van der Waals surface area contributed by atoms with Crippen LogP contribution < -0.4 is 10.5 Å². The zero-order chi connectivity index (χ0) is 15.1. The molecule has 1 aromatic rings. The molecule has 0 aliphatic carbocycles. The van der Waals surface area contributed by atoms with Gasteiger partial charge in [0.15, 0.2) is 0 Å². The molecule has 0 radical (unpaired) electrons. The summed E-state index contributed by atoms with van der Waals surface area (Å²) in [6.07, 6.45) is 1.82. The summed E-state index contributed by atoms with van der Waals surface area (Å²) in [5.74, 6) is 0.243. The number of benzene rings is 1. The van der Waals surface area contributed by atoms with Crippen LogP contribution in [0.25, 0.3) is 0 Å². The van der Waals surface area contributed by atoms with Gasteiger partial charge < -0.3 is 15.4 Å². The van der Waals surface area contributed by atoms with E-state index in [0.29, 0.717) is 17.4 Å². The highest BCUT2D eigenvalue weighted by Crippen LogP contribution is 2.28. The van der Waals surface area contributed by atoms with E-state index >= 15 is 0 Å². The van der Waals surface area contributed by atoms with Crippen LogP contribution >= 0.6 is 0 Å². The van der Waals surface area contributed by atoms with Crippen LogP contribution in [-0.2, 0) is 0 Å². The molecule has 0 fully saturated rings. The minimum Gasteiger partial charge on any atom is -0.496 e. The molecule has 0 heterocycles. The van der Waals surface area contributed by atoms with Crippen molar-refractivity contribution in [1.82, 2.24) is 4.90 Å². The Labute approximate surface area is 121 Å². The molecule has 0 spiro atoms. The van der Waals surface area contributed by atoms with Gasteiger partial charge in [0.25, 0.3) is 0 Å². The topological polar surface area (TPSA) is 38.5 Å². The van der Waals surface area contributed by atoms with Gasteiger partial charge >= 0.3 is 0 Å². The fraction of sp³-hybridized carbons (Fsp3) is 0.625. The quantitative estimate of drug-likeness (QED) is 0.794. The molecule has 2 unspecified atom stereocenters. The lowest BCUT2D eigenvalue weighted by molar-refractivity contribution is 0.206. The molecule has 20 heavy (non-hydrogen) atoms. The van der Waals surface area contributed by atoms with Gasteiger partial charge in [0.05, 0.1) is 7.11 Å². The summed E-state index contributed by atoms with van der Waals surface area (Å²) < 4.78 is 19.2. The predicted molar refractivity (Wildman–Crippen MR) is 81.5 cm³/mol. The summed E-state index contributed by atoms with van der Waals surface area (Å²) in [6, 6.07) is 5.01. The van der Waals surface area contributed by atoms with Crippen molar-refractivity contribution in [2.75, 3.05) is 20.2 Å². The Hall–Kier alpha value is -1.13. The Balaban J connectivity index is 2.74. The molecule has 3 nitrogen and oxygen atoms in total. The van der Waals surface area contributed by atoms with Gasteiger partial charge in [0.1, 0.15) is 11.6 Å². The highest BCUT2D eigenvalue weighted by molar-refractivity contribution is 5.37. The van der Waals surface area contributed by atoms with Crippen LogP contribution in [0.1, 0.15) is 45.2 Å². The van der Waals surface area contributed by atoms with Crippen molar-refractivity contribution in [2.45, 2.75) is 45.7 Å². The molecule has 0 amide bonds. The molecular formula is C16H27FN2O. The molecule has 114 valence electrons. The monoisotopic (exact) mass is 282 g/mol. The Morgan fingerprint density at radius 1 is 1.35 bits per heavy atom. The van der Waals surface area contributed by atoms with E-state index in [1.807, 2.05) is 0 Å². The maximum atomic E-state index is 13.9. The molecule has 0 saturated heterocycles. The van der Waals surface area contributed by atoms with E-state index in [9.17, 15) is 4.39 Å². The molecule has 0 aliphatic heterocycles. The van der Waals surface area contributed by atoms with E-state index in [0.717, 1.165) is 25.9 Å². The molecule has 2 N–H and O–H groups in total. The van der Waals surface area contributed by atoms with Gasteiger partial charge in [-0.3, -0.25) is 0 Å². The number of hydrogen-bond donors (Lipinski definition) is 1. The number of hydrogen-bond acceptors (Lipinski definition) is 3. The van der Waals surface area contributed by atoms with Crippen LogP contribution in [-0.4, -0.2) is 31.1 Å². The van der Waals surface area contributed by atoms with Crippen LogP contribution in [0.4, 0.5) is 4.39 Å². The predicted octanol–water partition coefficient (Wildman–Crippen LogP) is 3.34. The summed E-state index contributed by atoms with van der Waals surface area (Å²) in [4.78, 5) is 2.37. The minimum absolute atomic E-state index is 0.288. The molecule has 0 saturated carbocycles. The van der Waals surface area contributed by atoms with E-state index in [1.54, 1.807) is 19.2 Å². The average molecular weight is 282 g/mol. The molecule has 2 atom stereocenters. The Kier molecular flexibility index (Phi) is 6.96. The van der Waals surface area contributed by atoms with Crippen molar-refractivity contribution < 1.29 is 9.13 Å². The molecule has 0 bridgehead atoms. The number of rotatable bonds is 8. The Morgan fingerprint density at radius 3 is 2.60 bits per heavy atom. The van der Waals surface area contributed by atoms with E-state index in [2.05, 4.69) is 25.7 Å². The van der Waals surface area contributed by atoms with E-state index in [4.69, 9.17) is 10.5 Å². The minimum atomic E-state index is -0.343. The third kappa shape index (κ3) is 4.18. The Morgan fingerprint density at radius 2 is 2.05 bits per heavy atom. The molecular weight excluding hydrogens is 255 g/mol. The first-order valence-corrected chi connectivity index (χ1v) is 7.37. The van der Waals surface area contributed by atoms with Crippen LogP contribution in [0.15, 0.2) is 18.2 Å². The molecule has 0 aromatic heterocycles. The Bertz CT molecular complexity index is 411. The van der Waals surface area contributed by atoms with Gasteiger partial charge in [0, 0.05) is 24.2 Å². The van der Waals surface area contributed by atoms with Crippen molar-refractivity contribution >= 4 is 0 Å². The van der Waals surface area contributed by atoms with E-state index in [-0.39, 0.29) is 11.9 Å². The first-order chi connectivity index (χ1) is 9.54. The lowest BCUT2D eigenvalue weighted by atomic mass is 10.0. The van der Waals surface area contributed by atoms with Gasteiger partial charge in [0.2, 0.25) is 0 Å². The summed E-state index contributed by atoms with van der Waals surface area (Å²) in [5, 5.41) is 0. The zero-order valence-corrected chi connectivity index (χ0v) is 13.0. The second-order valence-corrected chi connectivity index (χ2v) is 5.14. The second-order valence-electron chi connectivity index (χ2n) is 5.14. The lowest BCUT2D eigenvalue weighted by Gasteiger charge is -2.28. The normalized spacial score (nSPS) is 14.3. The van der Waals surface area contributed by atoms with Crippen molar-refractivity contribution in [3.05, 3.63) is 29.6 Å². The third-order valence-electron chi connectivity index (χ3n) is 3.95. The summed E-state index contributed by atoms with van der Waals surface area (Å²) in [7, 11) is 1.54. The lowest BCUT2D eigenvalue weighted by Crippen LogP contribution is -2.34. The molecule has 1 rings (SSSR count). The number of halogens is 1. The number of nitrogens with two attached hydrogens (primary N) is 1. The largest absolute Gasteiger partial charge is 0.496 e. The highest BCUT2D eigenvalue weighted by Gasteiger charge is 2.18. The average Bonchev–Trinajstić information content (AvgIpc) is 2.46. The van der Waals surface area contributed by atoms with Crippen LogP contribution in [0, 0.1) is 5.82 Å². The van der Waals surface area contributed by atoms with Gasteiger partial charge in [-0.05, 0) is 38.4 Å². The smallest absolute Gasteiger partial charge is 0.131 e. The summed E-state index contributed by atoms with van der Waals surface area (Å²) in [6.45, 7) is 8.37. The van der Waals surface area contributed by atoms with Crippen molar-refractivity contribution in [3.63, 3.8) is 0 Å². The number of methoxy groups -OCH3 is 1. The SMILES string of the molecule is CCC(C)N(CC)CCC(N)c1c(F)cccc1OC. The van der Waals surface area contributed by atoms with Gasteiger partial charge in [-0.2, -0.15) is 0 Å². The van der Waals surface area contributed by atoms with E-state index < -0.39 is 0 Å². The van der Waals surface area contributed by atoms with E-state index in [1.165, 1.54) is 6.07 Å². The number of nitrogens with zero attached hydrogens (tertiary/aromatic N) is 1. The molecule has 1 aromatic carbocycles.